The quantitative estimate of drug-likeness (QED) is 0.453. The third-order valence-corrected chi connectivity index (χ3v) is 7.31. The van der Waals surface area contributed by atoms with Crippen molar-refractivity contribution >= 4 is 22.9 Å². The van der Waals surface area contributed by atoms with Crippen LogP contribution in [0.15, 0.2) is 18.8 Å². The van der Waals surface area contributed by atoms with E-state index in [1.807, 2.05) is 17.7 Å². The molecular formula is C26H31F3N6O3. The monoisotopic (exact) mass is 532 g/mol. The Morgan fingerprint density at radius 1 is 1.26 bits per heavy atom. The van der Waals surface area contributed by atoms with Crippen LogP contribution in [-0.4, -0.2) is 66.8 Å². The number of fused-ring (bicyclic) bond motifs is 1. The molecule has 9 nitrogen and oxygen atoms in total. The molecule has 0 aliphatic carbocycles. The first kappa shape index (κ1) is 26.2. The van der Waals surface area contributed by atoms with Crippen molar-refractivity contribution in [3.05, 3.63) is 30.2 Å². The molecule has 0 aromatic carbocycles. The maximum absolute atomic E-state index is 13.2. The number of nitrogens with zero attached hydrogens (tertiary/aromatic N) is 6. The molecule has 5 rings (SSSR count). The van der Waals surface area contributed by atoms with E-state index < -0.39 is 24.2 Å². The van der Waals surface area contributed by atoms with Gasteiger partial charge in [-0.15, -0.1) is 0 Å². The first-order valence-corrected chi connectivity index (χ1v) is 12.8. The Bertz CT molecular complexity index is 1360. The van der Waals surface area contributed by atoms with Gasteiger partial charge in [0.2, 0.25) is 5.88 Å². The molecule has 0 N–H and O–H groups in total. The molecule has 2 fully saturated rings. The van der Waals surface area contributed by atoms with Crippen molar-refractivity contribution in [2.45, 2.75) is 70.5 Å². The van der Waals surface area contributed by atoms with Gasteiger partial charge in [0.05, 0.1) is 40.4 Å². The second-order valence-electron chi connectivity index (χ2n) is 9.86. The van der Waals surface area contributed by atoms with Crippen LogP contribution in [0.5, 0.6) is 5.88 Å². The number of alkyl halides is 3. The van der Waals surface area contributed by atoms with Crippen molar-refractivity contribution in [1.29, 1.82) is 0 Å². The number of ether oxygens (including phenoxy) is 2. The summed E-state index contributed by atoms with van der Waals surface area (Å²) >= 11 is 0. The molecule has 0 saturated carbocycles. The maximum atomic E-state index is 13.2. The van der Waals surface area contributed by atoms with Crippen molar-refractivity contribution in [3.8, 4) is 17.1 Å². The molecule has 38 heavy (non-hydrogen) atoms. The fourth-order valence-electron chi connectivity index (χ4n) is 5.50. The average Bonchev–Trinajstić information content (AvgIpc) is 3.59. The van der Waals surface area contributed by atoms with Crippen LogP contribution < -0.4 is 4.74 Å². The van der Waals surface area contributed by atoms with Crippen LogP contribution in [0.2, 0.25) is 0 Å². The number of aromatic nitrogens is 5. The lowest BCUT2D eigenvalue weighted by Crippen LogP contribution is -2.49. The first-order valence-electron chi connectivity index (χ1n) is 12.8. The Hall–Kier alpha value is -3.41. The van der Waals surface area contributed by atoms with E-state index in [4.69, 9.17) is 19.6 Å². The fourth-order valence-corrected chi connectivity index (χ4v) is 5.50. The second-order valence-corrected chi connectivity index (χ2v) is 9.86. The molecule has 12 heteroatoms. The maximum Gasteiger partial charge on any atom is 0.471 e. The summed E-state index contributed by atoms with van der Waals surface area (Å²) in [6.07, 6.45) is 1.49. The van der Waals surface area contributed by atoms with Gasteiger partial charge in [0.1, 0.15) is 6.10 Å². The van der Waals surface area contributed by atoms with Crippen LogP contribution in [0.1, 0.15) is 56.6 Å². The zero-order valence-electron chi connectivity index (χ0n) is 21.7. The van der Waals surface area contributed by atoms with E-state index in [1.54, 1.807) is 30.9 Å². The summed E-state index contributed by atoms with van der Waals surface area (Å²) in [5, 5.41) is 10.1. The lowest BCUT2D eigenvalue weighted by atomic mass is 10.1. The van der Waals surface area contributed by atoms with E-state index in [-0.39, 0.29) is 12.8 Å². The number of hydrogen-bond donors (Lipinski definition) is 0. The molecule has 2 saturated heterocycles. The summed E-state index contributed by atoms with van der Waals surface area (Å²) in [6.45, 7) is 8.14. The van der Waals surface area contributed by atoms with Crippen LogP contribution in [-0.2, 0) is 16.6 Å². The molecule has 2 aliphatic heterocycles. The highest BCUT2D eigenvalue weighted by Gasteiger charge is 2.47. The Morgan fingerprint density at radius 2 is 2.05 bits per heavy atom. The number of aryl methyl sites for hydroxylation is 2. The highest BCUT2D eigenvalue weighted by atomic mass is 19.4. The molecule has 204 valence electrons. The average molecular weight is 533 g/mol. The third-order valence-electron chi connectivity index (χ3n) is 7.31. The van der Waals surface area contributed by atoms with E-state index in [1.165, 1.54) is 0 Å². The van der Waals surface area contributed by atoms with Gasteiger partial charge < -0.3 is 14.4 Å². The number of carbonyl (C=O) groups is 1. The summed E-state index contributed by atoms with van der Waals surface area (Å²) in [4.78, 5) is 17.6. The van der Waals surface area contributed by atoms with Gasteiger partial charge in [0.15, 0.2) is 6.23 Å². The predicted molar refractivity (Wildman–Crippen MR) is 134 cm³/mol. The SMILES string of the molecule is C=Cc1nn(C2CCCCO2)c2cnc(-c3c(C)nn(C)c3OC(C)[C@H]3CCCN3C(=O)C(F)(F)F)cc12. The van der Waals surface area contributed by atoms with Gasteiger partial charge in [0.25, 0.3) is 0 Å². The Labute approximate surface area is 218 Å². The minimum atomic E-state index is -4.92. The highest BCUT2D eigenvalue weighted by molar-refractivity contribution is 5.90. The number of amides is 1. The summed E-state index contributed by atoms with van der Waals surface area (Å²) in [5.41, 5.74) is 3.39. The molecule has 3 aromatic heterocycles. The van der Waals surface area contributed by atoms with Crippen LogP contribution >= 0.6 is 0 Å². The van der Waals surface area contributed by atoms with Crippen LogP contribution in [0.4, 0.5) is 13.2 Å². The Morgan fingerprint density at radius 3 is 2.74 bits per heavy atom. The summed E-state index contributed by atoms with van der Waals surface area (Å²) in [7, 11) is 1.71. The Balaban J connectivity index is 1.48. The van der Waals surface area contributed by atoms with Crippen LogP contribution in [0, 0.1) is 6.92 Å². The molecule has 5 heterocycles. The van der Waals surface area contributed by atoms with Gasteiger partial charge in [-0.25, -0.2) is 9.36 Å². The van der Waals surface area contributed by atoms with Crippen molar-refractivity contribution in [1.82, 2.24) is 29.4 Å². The standard InChI is InChI=1S/C26H31F3N6O3/c1-5-18-17-13-19(30-14-21(17)35(32-18)22-10-6-7-12-37-22)23-15(2)31-33(4)24(23)38-16(3)20-9-8-11-34(20)25(36)26(27,28)29/h5,13-14,16,20,22H,1,6-12H2,2-4H3/t16?,20-,22?/m1/s1. The highest BCUT2D eigenvalue weighted by Crippen LogP contribution is 2.37. The Kier molecular flexibility index (Phi) is 6.93. The third kappa shape index (κ3) is 4.65. The number of pyridine rings is 1. The zero-order chi connectivity index (χ0) is 27.2. The fraction of sp³-hybridized carbons (Fsp3) is 0.538. The van der Waals surface area contributed by atoms with E-state index >= 15 is 0 Å². The van der Waals surface area contributed by atoms with Gasteiger partial charge in [-0.2, -0.15) is 23.4 Å². The molecule has 0 spiro atoms. The predicted octanol–water partition coefficient (Wildman–Crippen LogP) is 4.80. The van der Waals surface area contributed by atoms with Gasteiger partial charge in [0, 0.05) is 25.6 Å². The van der Waals surface area contributed by atoms with Crippen molar-refractivity contribution in [3.63, 3.8) is 0 Å². The number of hydrogen-bond acceptors (Lipinski definition) is 6. The van der Waals surface area contributed by atoms with Gasteiger partial charge in [-0.05, 0) is 58.1 Å². The van der Waals surface area contributed by atoms with E-state index in [0.29, 0.717) is 48.0 Å². The lowest BCUT2D eigenvalue weighted by Gasteiger charge is -2.30. The van der Waals surface area contributed by atoms with Crippen LogP contribution in [0.25, 0.3) is 28.2 Å². The molecular weight excluding hydrogens is 501 g/mol. The molecule has 0 bridgehead atoms. The minimum Gasteiger partial charge on any atom is -0.472 e. The zero-order valence-corrected chi connectivity index (χ0v) is 21.7. The molecule has 2 unspecified atom stereocenters. The van der Waals surface area contributed by atoms with Crippen molar-refractivity contribution in [2.24, 2.45) is 7.05 Å². The van der Waals surface area contributed by atoms with E-state index in [0.717, 1.165) is 35.1 Å². The summed E-state index contributed by atoms with van der Waals surface area (Å²) in [5.74, 6) is -1.46. The number of carbonyl (C=O) groups excluding carboxylic acids is 1. The van der Waals surface area contributed by atoms with Gasteiger partial charge in [-0.3, -0.25) is 9.78 Å². The number of halogens is 3. The van der Waals surface area contributed by atoms with Crippen LogP contribution in [0.3, 0.4) is 0 Å². The van der Waals surface area contributed by atoms with Gasteiger partial charge in [-0.1, -0.05) is 6.58 Å². The topological polar surface area (TPSA) is 87.3 Å². The smallest absolute Gasteiger partial charge is 0.471 e. The minimum absolute atomic E-state index is 0.0469. The second kappa shape index (κ2) is 10.0. The normalized spacial score (nSPS) is 21.2. The van der Waals surface area contributed by atoms with Crippen molar-refractivity contribution < 1.29 is 27.4 Å². The largest absolute Gasteiger partial charge is 0.472 e. The molecule has 1 amide bonds. The van der Waals surface area contributed by atoms with Gasteiger partial charge >= 0.3 is 12.1 Å². The summed E-state index contributed by atoms with van der Waals surface area (Å²) < 4.78 is 55.0. The number of likely N-dealkylation sites (tertiary alicyclic amines) is 1. The van der Waals surface area contributed by atoms with E-state index in [2.05, 4.69) is 11.7 Å². The lowest BCUT2D eigenvalue weighted by molar-refractivity contribution is -0.187. The van der Waals surface area contributed by atoms with E-state index in [9.17, 15) is 18.0 Å². The molecule has 0 radical (unpaired) electrons. The molecule has 3 atom stereocenters. The molecule has 2 aliphatic rings. The number of rotatable bonds is 6. The first-order chi connectivity index (χ1) is 18.1. The summed E-state index contributed by atoms with van der Waals surface area (Å²) in [6, 6.07) is 1.19. The molecule has 3 aromatic rings. The van der Waals surface area contributed by atoms with Crippen molar-refractivity contribution in [2.75, 3.05) is 13.2 Å².